The van der Waals surface area contributed by atoms with E-state index in [1.165, 1.54) is 71.3 Å². The minimum absolute atomic E-state index is 0.0575. The van der Waals surface area contributed by atoms with E-state index in [1.54, 1.807) is 17.0 Å². The van der Waals surface area contributed by atoms with Gasteiger partial charge in [-0.2, -0.15) is 0 Å². The van der Waals surface area contributed by atoms with Crippen LogP contribution in [-0.2, 0) is 32.1 Å². The molecule has 0 spiro atoms. The highest BCUT2D eigenvalue weighted by Gasteiger charge is 2.58. The molecule has 0 radical (unpaired) electrons. The number of benzene rings is 2. The first kappa shape index (κ1) is 27.2. The standard InChI is InChI=1S/C26H22FN3O6S3/c27-17-5-9-19(10-6-17)39-26(25(33)36-13-16-3-7-18(8-4-16)30(34)35)14-29-23(32)22(24(29)38-15-26)28-21(31)12-20-2-1-11-37-20/h1-11,22,24H,12-15H2,(H,28,31)/t22?,24-,26?/m1/s1. The molecule has 202 valence electrons. The number of nitrogens with zero attached hydrogens (tertiary/aromatic N) is 2. The van der Waals surface area contributed by atoms with E-state index in [9.17, 15) is 28.9 Å². The summed E-state index contributed by atoms with van der Waals surface area (Å²) in [5.41, 5.74) is 0.502. The fourth-order valence-corrected chi connectivity index (χ4v) is 7.89. The quantitative estimate of drug-likeness (QED) is 0.173. The second kappa shape index (κ2) is 11.4. The van der Waals surface area contributed by atoms with Crippen LogP contribution in [0.3, 0.4) is 0 Å². The summed E-state index contributed by atoms with van der Waals surface area (Å²) in [7, 11) is 0. The van der Waals surface area contributed by atoms with Gasteiger partial charge in [0, 0.05) is 34.2 Å². The van der Waals surface area contributed by atoms with Crippen molar-refractivity contribution in [3.8, 4) is 0 Å². The molecule has 5 rings (SSSR count). The lowest BCUT2D eigenvalue weighted by molar-refractivity contribution is -0.384. The van der Waals surface area contributed by atoms with Crippen LogP contribution in [0.5, 0.6) is 0 Å². The van der Waals surface area contributed by atoms with Crippen LogP contribution < -0.4 is 5.32 Å². The van der Waals surface area contributed by atoms with Crippen LogP contribution in [0.1, 0.15) is 10.4 Å². The molecule has 39 heavy (non-hydrogen) atoms. The van der Waals surface area contributed by atoms with Crippen LogP contribution in [0.25, 0.3) is 0 Å². The van der Waals surface area contributed by atoms with Gasteiger partial charge in [-0.05, 0) is 53.4 Å². The number of esters is 1. The molecule has 3 heterocycles. The van der Waals surface area contributed by atoms with E-state index in [0.29, 0.717) is 16.2 Å². The molecule has 2 fully saturated rings. The Morgan fingerprint density at radius 3 is 2.59 bits per heavy atom. The Morgan fingerprint density at radius 2 is 1.92 bits per heavy atom. The molecule has 2 aliphatic heterocycles. The molecule has 2 aromatic carbocycles. The summed E-state index contributed by atoms with van der Waals surface area (Å²) in [6, 6.07) is 14.5. The predicted octanol–water partition coefficient (Wildman–Crippen LogP) is 4.01. The zero-order valence-electron chi connectivity index (χ0n) is 20.3. The van der Waals surface area contributed by atoms with E-state index >= 15 is 0 Å². The number of hydrogen-bond donors (Lipinski definition) is 1. The van der Waals surface area contributed by atoms with Crippen LogP contribution in [0.15, 0.2) is 70.9 Å². The number of amides is 2. The highest BCUT2D eigenvalue weighted by molar-refractivity contribution is 8.05. The first-order chi connectivity index (χ1) is 18.7. The molecule has 2 saturated heterocycles. The van der Waals surface area contributed by atoms with Gasteiger partial charge in [-0.1, -0.05) is 6.07 Å². The molecule has 2 unspecified atom stereocenters. The summed E-state index contributed by atoms with van der Waals surface area (Å²) in [4.78, 5) is 52.5. The van der Waals surface area contributed by atoms with Crippen LogP contribution in [0.4, 0.5) is 10.1 Å². The fourth-order valence-electron chi connectivity index (χ4n) is 4.30. The smallest absolute Gasteiger partial charge is 0.325 e. The van der Waals surface area contributed by atoms with Gasteiger partial charge in [0.25, 0.3) is 5.69 Å². The first-order valence-corrected chi connectivity index (χ1v) is 14.6. The van der Waals surface area contributed by atoms with Crippen LogP contribution >= 0.6 is 34.9 Å². The third-order valence-electron chi connectivity index (χ3n) is 6.30. The van der Waals surface area contributed by atoms with Crippen molar-refractivity contribution in [3.05, 3.63) is 92.4 Å². The number of hydrogen-bond acceptors (Lipinski definition) is 9. The van der Waals surface area contributed by atoms with E-state index in [-0.39, 0.29) is 42.4 Å². The van der Waals surface area contributed by atoms with Crippen molar-refractivity contribution in [2.24, 2.45) is 0 Å². The van der Waals surface area contributed by atoms with Crippen molar-refractivity contribution in [3.63, 3.8) is 0 Å². The molecule has 3 aromatic rings. The Bertz CT molecular complexity index is 1390. The molecule has 0 saturated carbocycles. The van der Waals surface area contributed by atoms with Gasteiger partial charge in [0.05, 0.1) is 11.3 Å². The largest absolute Gasteiger partial charge is 0.460 e. The molecular formula is C26H22FN3O6S3. The van der Waals surface area contributed by atoms with Gasteiger partial charge in [0.1, 0.15) is 28.6 Å². The molecule has 1 N–H and O–H groups in total. The number of non-ortho nitro benzene ring substituents is 1. The number of thioether (sulfide) groups is 2. The van der Waals surface area contributed by atoms with Crippen molar-refractivity contribution < 1.29 is 28.4 Å². The molecule has 2 amide bonds. The number of β-lactam (4-membered cyclic amide) rings is 1. The number of halogens is 1. The highest BCUT2D eigenvalue weighted by atomic mass is 32.2. The number of fused-ring (bicyclic) bond motifs is 1. The Morgan fingerprint density at radius 1 is 1.18 bits per heavy atom. The van der Waals surface area contributed by atoms with E-state index in [4.69, 9.17) is 4.74 Å². The van der Waals surface area contributed by atoms with Gasteiger partial charge < -0.3 is 15.0 Å². The van der Waals surface area contributed by atoms with E-state index in [2.05, 4.69) is 5.32 Å². The van der Waals surface area contributed by atoms with Crippen molar-refractivity contribution in [1.29, 1.82) is 0 Å². The number of carbonyl (C=O) groups excluding carboxylic acids is 3. The fraction of sp³-hybridized carbons (Fsp3) is 0.269. The summed E-state index contributed by atoms with van der Waals surface area (Å²) in [6.07, 6.45) is 0.193. The normalized spacial score (nSPS) is 22.0. The van der Waals surface area contributed by atoms with Gasteiger partial charge in [-0.3, -0.25) is 24.5 Å². The second-order valence-electron chi connectivity index (χ2n) is 9.02. The average Bonchev–Trinajstić information content (AvgIpc) is 3.44. The van der Waals surface area contributed by atoms with Gasteiger partial charge >= 0.3 is 5.97 Å². The predicted molar refractivity (Wildman–Crippen MR) is 146 cm³/mol. The lowest BCUT2D eigenvalue weighted by Crippen LogP contribution is -2.74. The molecule has 13 heteroatoms. The summed E-state index contributed by atoms with van der Waals surface area (Å²) in [5, 5.41) is 15.3. The average molecular weight is 588 g/mol. The summed E-state index contributed by atoms with van der Waals surface area (Å²) >= 11 is 4.05. The Hall–Kier alpha value is -3.42. The summed E-state index contributed by atoms with van der Waals surface area (Å²) < 4.78 is 18.0. The summed E-state index contributed by atoms with van der Waals surface area (Å²) in [5.74, 6) is -1.19. The zero-order valence-corrected chi connectivity index (χ0v) is 22.7. The number of nitro benzene ring substituents is 1. The van der Waals surface area contributed by atoms with Gasteiger partial charge in [0.2, 0.25) is 11.8 Å². The van der Waals surface area contributed by atoms with Gasteiger partial charge in [0.15, 0.2) is 0 Å². The number of thiophene rings is 1. The maximum Gasteiger partial charge on any atom is 0.325 e. The minimum atomic E-state index is -1.18. The number of ether oxygens (including phenoxy) is 1. The van der Waals surface area contributed by atoms with Gasteiger partial charge in [-0.15, -0.1) is 34.9 Å². The highest BCUT2D eigenvalue weighted by Crippen LogP contribution is 2.47. The van der Waals surface area contributed by atoms with Crippen molar-refractivity contribution in [2.45, 2.75) is 34.1 Å². The third-order valence-corrected chi connectivity index (χ3v) is 10.2. The van der Waals surface area contributed by atoms with E-state index in [1.807, 2.05) is 17.5 Å². The molecule has 3 atom stereocenters. The number of rotatable bonds is 9. The number of nitro groups is 1. The lowest BCUT2D eigenvalue weighted by atomic mass is 10.0. The Labute approximate surface area is 235 Å². The Balaban J connectivity index is 1.28. The van der Waals surface area contributed by atoms with Crippen molar-refractivity contribution in [2.75, 3.05) is 12.3 Å². The first-order valence-electron chi connectivity index (χ1n) is 11.8. The lowest BCUT2D eigenvalue weighted by Gasteiger charge is -2.53. The molecular weight excluding hydrogens is 566 g/mol. The van der Waals surface area contributed by atoms with Crippen LogP contribution in [0, 0.1) is 15.9 Å². The molecule has 0 aliphatic carbocycles. The maximum absolute atomic E-state index is 13.5. The number of carbonyl (C=O) groups is 3. The second-order valence-corrected chi connectivity index (χ2v) is 12.6. The van der Waals surface area contributed by atoms with E-state index < -0.39 is 27.5 Å². The molecule has 2 aliphatic rings. The monoisotopic (exact) mass is 587 g/mol. The SMILES string of the molecule is O=C(Cc1cccs1)NC1C(=O)N2CC(Sc3ccc(F)cc3)(C(=O)OCc3ccc([N+](=O)[O-])cc3)CS[C@H]12. The van der Waals surface area contributed by atoms with Crippen molar-refractivity contribution >= 4 is 58.3 Å². The van der Waals surface area contributed by atoms with Crippen LogP contribution in [-0.4, -0.2) is 56.1 Å². The molecule has 9 nitrogen and oxygen atoms in total. The summed E-state index contributed by atoms with van der Waals surface area (Å²) in [6.45, 7) is -0.0477. The van der Waals surface area contributed by atoms with Gasteiger partial charge in [-0.25, -0.2) is 4.39 Å². The van der Waals surface area contributed by atoms with Crippen LogP contribution in [0.2, 0.25) is 0 Å². The molecule has 0 bridgehead atoms. The zero-order chi connectivity index (χ0) is 27.6. The van der Waals surface area contributed by atoms with Crippen molar-refractivity contribution in [1.82, 2.24) is 10.2 Å². The maximum atomic E-state index is 13.5. The number of nitrogens with one attached hydrogen (secondary N) is 1. The molecule has 1 aromatic heterocycles. The Kier molecular flexibility index (Phi) is 7.91. The minimum Gasteiger partial charge on any atom is -0.460 e. The third kappa shape index (κ3) is 5.94. The topological polar surface area (TPSA) is 119 Å². The van der Waals surface area contributed by atoms with E-state index in [0.717, 1.165) is 4.88 Å².